The Labute approximate surface area is 122 Å². The van der Waals surface area contributed by atoms with Crippen LogP contribution in [0.1, 0.15) is 54.4 Å². The van der Waals surface area contributed by atoms with Crippen LogP contribution >= 0.6 is 0 Å². The largest absolute Gasteiger partial charge is 0.481 e. The van der Waals surface area contributed by atoms with Gasteiger partial charge in [-0.15, -0.1) is 0 Å². The van der Waals surface area contributed by atoms with E-state index in [1.165, 1.54) is 0 Å². The van der Waals surface area contributed by atoms with Crippen LogP contribution in [-0.4, -0.2) is 22.3 Å². The van der Waals surface area contributed by atoms with Crippen molar-refractivity contribution in [2.24, 2.45) is 16.2 Å². The minimum atomic E-state index is -0.789. The molecule has 1 atom stereocenters. The monoisotopic (exact) mass is 280 g/mol. The number of hydrogen-bond donors (Lipinski definition) is 2. The van der Waals surface area contributed by atoms with Gasteiger partial charge in [-0.1, -0.05) is 65.3 Å². The molecule has 0 aromatic rings. The van der Waals surface area contributed by atoms with Crippen molar-refractivity contribution in [3.63, 3.8) is 0 Å². The van der Waals surface area contributed by atoms with E-state index in [1.807, 2.05) is 12.2 Å². The van der Waals surface area contributed by atoms with E-state index in [2.05, 4.69) is 47.6 Å². The van der Waals surface area contributed by atoms with E-state index in [0.29, 0.717) is 6.42 Å². The van der Waals surface area contributed by atoms with Crippen LogP contribution in [0.5, 0.6) is 0 Å². The zero-order valence-electron chi connectivity index (χ0n) is 13.5. The highest BCUT2D eigenvalue weighted by Crippen LogP contribution is 2.57. The number of carboxylic acids is 1. The summed E-state index contributed by atoms with van der Waals surface area (Å²) in [4.78, 5) is 10.8. The van der Waals surface area contributed by atoms with Crippen molar-refractivity contribution in [2.75, 3.05) is 0 Å². The van der Waals surface area contributed by atoms with Gasteiger partial charge in [-0.25, -0.2) is 0 Å². The molecule has 2 N–H and O–H groups in total. The summed E-state index contributed by atoms with van der Waals surface area (Å²) >= 11 is 0. The zero-order valence-corrected chi connectivity index (χ0v) is 13.5. The molecule has 0 saturated carbocycles. The molecule has 1 aliphatic rings. The zero-order chi connectivity index (χ0) is 15.8. The molecule has 114 valence electrons. The van der Waals surface area contributed by atoms with Crippen molar-refractivity contribution >= 4 is 5.97 Å². The van der Waals surface area contributed by atoms with E-state index in [9.17, 15) is 9.90 Å². The van der Waals surface area contributed by atoms with Crippen molar-refractivity contribution in [3.8, 4) is 0 Å². The van der Waals surface area contributed by atoms with Crippen molar-refractivity contribution in [3.05, 3.63) is 23.8 Å². The van der Waals surface area contributed by atoms with Crippen LogP contribution in [0.4, 0.5) is 0 Å². The molecule has 0 radical (unpaired) electrons. The number of allylic oxidation sites excluding steroid dienone is 2. The van der Waals surface area contributed by atoms with Crippen LogP contribution in [0, 0.1) is 16.2 Å². The highest BCUT2D eigenvalue weighted by atomic mass is 16.4. The Morgan fingerprint density at radius 1 is 1.20 bits per heavy atom. The average molecular weight is 280 g/mol. The molecule has 0 spiro atoms. The van der Waals surface area contributed by atoms with Crippen LogP contribution in [-0.2, 0) is 4.79 Å². The van der Waals surface area contributed by atoms with Gasteiger partial charge in [0.2, 0.25) is 0 Å². The summed E-state index contributed by atoms with van der Waals surface area (Å²) in [6.07, 6.45) is 5.86. The van der Waals surface area contributed by atoms with E-state index >= 15 is 0 Å². The summed E-state index contributed by atoms with van der Waals surface area (Å²) in [5.41, 5.74) is 0.318. The summed E-state index contributed by atoms with van der Waals surface area (Å²) in [7, 11) is 0. The van der Waals surface area contributed by atoms with E-state index < -0.39 is 17.5 Å². The molecule has 0 aromatic carbocycles. The van der Waals surface area contributed by atoms with Gasteiger partial charge in [0.15, 0.2) is 0 Å². The van der Waals surface area contributed by atoms with Crippen LogP contribution in [0.15, 0.2) is 23.8 Å². The number of aliphatic carboxylic acids is 1. The number of hydrogen-bond acceptors (Lipinski definition) is 2. The molecular weight excluding hydrogens is 252 g/mol. The summed E-state index contributed by atoms with van der Waals surface area (Å²) < 4.78 is 0. The maximum Gasteiger partial charge on any atom is 0.303 e. The van der Waals surface area contributed by atoms with E-state index in [-0.39, 0.29) is 17.3 Å². The van der Waals surface area contributed by atoms with Crippen LogP contribution in [0.25, 0.3) is 0 Å². The number of carboxylic acid groups (broad SMARTS) is 1. The first-order valence-corrected chi connectivity index (χ1v) is 7.21. The van der Waals surface area contributed by atoms with Gasteiger partial charge in [0.05, 0.1) is 6.10 Å². The van der Waals surface area contributed by atoms with Crippen molar-refractivity contribution in [2.45, 2.75) is 60.5 Å². The molecule has 0 amide bonds. The average Bonchev–Trinajstić information content (AvgIpc) is 2.24. The molecular formula is C17H28O3. The molecule has 0 fully saturated rings. The predicted octanol–water partition coefficient (Wildman–Crippen LogP) is 3.79. The van der Waals surface area contributed by atoms with Crippen molar-refractivity contribution in [1.82, 2.24) is 0 Å². The predicted molar refractivity (Wildman–Crippen MR) is 81.4 cm³/mol. The van der Waals surface area contributed by atoms with E-state index in [1.54, 1.807) is 0 Å². The third kappa shape index (κ3) is 2.98. The molecule has 20 heavy (non-hydrogen) atoms. The molecule has 0 bridgehead atoms. The van der Waals surface area contributed by atoms with Crippen LogP contribution in [0.3, 0.4) is 0 Å². The minimum Gasteiger partial charge on any atom is -0.481 e. The maximum absolute atomic E-state index is 10.8. The molecule has 3 nitrogen and oxygen atoms in total. The number of carbonyl (C=O) groups is 1. The molecule has 1 unspecified atom stereocenters. The van der Waals surface area contributed by atoms with Gasteiger partial charge in [0.1, 0.15) is 0 Å². The standard InChI is InChI=1S/C17H28O3/c1-15(2,3)17(16(4,5)6)11-12(7-9-13(17)18)8-10-14(19)20/h7,9,11,13,18H,8,10H2,1-6H3,(H,19,20). The fourth-order valence-electron chi connectivity index (χ4n) is 3.64. The second kappa shape index (κ2) is 5.36. The minimum absolute atomic E-state index is 0.122. The normalized spacial score (nSPS) is 22.6. The Balaban J connectivity index is 3.27. The Morgan fingerprint density at radius 2 is 1.70 bits per heavy atom. The lowest BCUT2D eigenvalue weighted by molar-refractivity contribution is -0.136. The van der Waals surface area contributed by atoms with E-state index in [0.717, 1.165) is 5.57 Å². The van der Waals surface area contributed by atoms with Crippen molar-refractivity contribution in [1.29, 1.82) is 0 Å². The Kier molecular flexibility index (Phi) is 4.55. The summed E-state index contributed by atoms with van der Waals surface area (Å²) in [5.74, 6) is -0.789. The number of aliphatic hydroxyl groups is 1. The first-order chi connectivity index (χ1) is 8.92. The van der Waals surface area contributed by atoms with Gasteiger partial charge >= 0.3 is 5.97 Å². The summed E-state index contributed by atoms with van der Waals surface area (Å²) in [5, 5.41) is 19.5. The molecule has 0 aliphatic heterocycles. The van der Waals surface area contributed by atoms with Gasteiger partial charge in [-0.3, -0.25) is 4.79 Å². The molecule has 1 aliphatic carbocycles. The third-order valence-corrected chi connectivity index (χ3v) is 4.48. The van der Waals surface area contributed by atoms with Gasteiger partial charge in [0.25, 0.3) is 0 Å². The van der Waals surface area contributed by atoms with Gasteiger partial charge in [-0.2, -0.15) is 0 Å². The first-order valence-electron chi connectivity index (χ1n) is 7.21. The molecule has 0 aromatic heterocycles. The van der Waals surface area contributed by atoms with Gasteiger partial charge in [0, 0.05) is 11.8 Å². The second-order valence-electron chi connectivity index (χ2n) is 7.79. The van der Waals surface area contributed by atoms with Gasteiger partial charge < -0.3 is 10.2 Å². The molecule has 3 heteroatoms. The number of aliphatic hydroxyl groups excluding tert-OH is 1. The Bertz CT molecular complexity index is 416. The van der Waals surface area contributed by atoms with E-state index in [4.69, 9.17) is 5.11 Å². The maximum atomic E-state index is 10.8. The highest BCUT2D eigenvalue weighted by molar-refractivity contribution is 5.67. The Hall–Kier alpha value is -1.09. The second-order valence-corrected chi connectivity index (χ2v) is 7.79. The topological polar surface area (TPSA) is 57.5 Å². The molecule has 0 saturated heterocycles. The molecule has 0 heterocycles. The third-order valence-electron chi connectivity index (χ3n) is 4.48. The van der Waals surface area contributed by atoms with Crippen LogP contribution in [0.2, 0.25) is 0 Å². The fraction of sp³-hybridized carbons (Fsp3) is 0.706. The highest BCUT2D eigenvalue weighted by Gasteiger charge is 2.53. The fourth-order valence-corrected chi connectivity index (χ4v) is 3.64. The van der Waals surface area contributed by atoms with Gasteiger partial charge in [-0.05, 0) is 17.3 Å². The Morgan fingerprint density at radius 3 is 2.10 bits per heavy atom. The summed E-state index contributed by atoms with van der Waals surface area (Å²) in [6, 6.07) is 0. The number of rotatable bonds is 3. The lowest BCUT2D eigenvalue weighted by Gasteiger charge is -2.55. The van der Waals surface area contributed by atoms with Crippen molar-refractivity contribution < 1.29 is 15.0 Å². The quantitative estimate of drug-likeness (QED) is 0.827. The lowest BCUT2D eigenvalue weighted by Crippen LogP contribution is -2.53. The summed E-state index contributed by atoms with van der Waals surface area (Å²) in [6.45, 7) is 12.8. The SMILES string of the molecule is CC(C)(C)C1(C(C)(C)C)C=C(CCC(=O)O)C=CC1O. The molecule has 1 rings (SSSR count). The van der Waals surface area contributed by atoms with Crippen LogP contribution < -0.4 is 0 Å². The first kappa shape index (κ1) is 17.0. The smallest absolute Gasteiger partial charge is 0.303 e. The lowest BCUT2D eigenvalue weighted by atomic mass is 9.50.